The number of hydrogen-bond acceptors (Lipinski definition) is 5. The van der Waals surface area contributed by atoms with Gasteiger partial charge in [-0.3, -0.25) is 9.78 Å². The highest BCUT2D eigenvalue weighted by molar-refractivity contribution is 7.12. The number of likely N-dealkylation sites (N-methyl/N-ethyl adjacent to an activating group) is 1. The van der Waals surface area contributed by atoms with Crippen molar-refractivity contribution >= 4 is 34.7 Å². The summed E-state index contributed by atoms with van der Waals surface area (Å²) < 4.78 is 0. The SMILES string of the molecule is Cc1[nH]c(/C=C2/C(=O)NN=C2c2cccs2)c(C)c1CCN(C)c1ccncc1. The lowest BCUT2D eigenvalue weighted by molar-refractivity contribution is -0.116. The fourth-order valence-corrected chi connectivity index (χ4v) is 4.28. The van der Waals surface area contributed by atoms with E-state index in [9.17, 15) is 4.79 Å². The van der Waals surface area contributed by atoms with Crippen LogP contribution in [0.2, 0.25) is 0 Å². The van der Waals surface area contributed by atoms with E-state index in [2.05, 4.69) is 46.3 Å². The smallest absolute Gasteiger partial charge is 0.273 e. The Bertz CT molecular complexity index is 1080. The Balaban J connectivity index is 1.56. The van der Waals surface area contributed by atoms with Crippen molar-refractivity contribution in [3.8, 4) is 0 Å². The zero-order valence-corrected chi connectivity index (χ0v) is 17.5. The van der Waals surface area contributed by atoms with Gasteiger partial charge >= 0.3 is 0 Å². The Hall–Kier alpha value is -3.19. The van der Waals surface area contributed by atoms with Gasteiger partial charge in [-0.2, -0.15) is 5.10 Å². The summed E-state index contributed by atoms with van der Waals surface area (Å²) in [5.41, 5.74) is 9.58. The molecule has 6 nitrogen and oxygen atoms in total. The molecule has 0 atom stereocenters. The van der Waals surface area contributed by atoms with Crippen LogP contribution in [0, 0.1) is 13.8 Å². The van der Waals surface area contributed by atoms with Gasteiger partial charge in [0.15, 0.2) is 0 Å². The number of aromatic amines is 1. The van der Waals surface area contributed by atoms with E-state index in [4.69, 9.17) is 0 Å². The second-order valence-electron chi connectivity index (χ2n) is 7.08. The number of rotatable bonds is 6. The number of aromatic nitrogens is 2. The van der Waals surface area contributed by atoms with E-state index in [0.29, 0.717) is 11.3 Å². The molecular formula is C22H23N5OS. The molecule has 0 aromatic carbocycles. The van der Waals surface area contributed by atoms with Crippen molar-refractivity contribution in [3.05, 3.63) is 75.0 Å². The van der Waals surface area contributed by atoms with Crippen LogP contribution in [-0.4, -0.2) is 35.2 Å². The summed E-state index contributed by atoms with van der Waals surface area (Å²) in [6, 6.07) is 7.96. The Labute approximate surface area is 174 Å². The maximum absolute atomic E-state index is 12.3. The molecule has 0 bridgehead atoms. The monoisotopic (exact) mass is 405 g/mol. The van der Waals surface area contributed by atoms with Gasteiger partial charge in [0.05, 0.1) is 10.5 Å². The minimum absolute atomic E-state index is 0.168. The summed E-state index contributed by atoms with van der Waals surface area (Å²) in [5.74, 6) is -0.168. The second kappa shape index (κ2) is 8.05. The molecule has 7 heteroatoms. The van der Waals surface area contributed by atoms with Crippen molar-refractivity contribution in [2.24, 2.45) is 5.10 Å². The zero-order valence-electron chi connectivity index (χ0n) is 16.7. The van der Waals surface area contributed by atoms with E-state index in [1.165, 1.54) is 11.1 Å². The van der Waals surface area contributed by atoms with Crippen molar-refractivity contribution in [1.82, 2.24) is 15.4 Å². The molecule has 4 rings (SSSR count). The first-order valence-electron chi connectivity index (χ1n) is 9.47. The topological polar surface area (TPSA) is 73.4 Å². The van der Waals surface area contributed by atoms with Gasteiger partial charge in [0, 0.05) is 43.1 Å². The molecule has 0 saturated carbocycles. The third-order valence-corrected chi connectivity index (χ3v) is 6.12. The van der Waals surface area contributed by atoms with Crippen molar-refractivity contribution < 1.29 is 4.79 Å². The quantitative estimate of drug-likeness (QED) is 0.615. The largest absolute Gasteiger partial charge is 0.374 e. The molecule has 1 amide bonds. The molecule has 0 unspecified atom stereocenters. The maximum atomic E-state index is 12.3. The fourth-order valence-electron chi connectivity index (χ4n) is 3.56. The average Bonchev–Trinajstić information content (AvgIpc) is 3.43. The predicted octanol–water partition coefficient (Wildman–Crippen LogP) is 3.68. The molecule has 0 saturated heterocycles. The Morgan fingerprint density at radius 1 is 1.21 bits per heavy atom. The third kappa shape index (κ3) is 3.86. The molecule has 29 heavy (non-hydrogen) atoms. The molecule has 3 aromatic heterocycles. The third-order valence-electron chi connectivity index (χ3n) is 5.24. The molecule has 1 aliphatic rings. The Morgan fingerprint density at radius 3 is 2.72 bits per heavy atom. The van der Waals surface area contributed by atoms with E-state index < -0.39 is 0 Å². The number of aryl methyl sites for hydroxylation is 1. The Kier molecular flexibility index (Phi) is 5.31. The number of thiophene rings is 1. The molecule has 1 aliphatic heterocycles. The number of nitrogens with one attached hydrogen (secondary N) is 2. The van der Waals surface area contributed by atoms with Crippen LogP contribution in [0.5, 0.6) is 0 Å². The highest BCUT2D eigenvalue weighted by atomic mass is 32.1. The first-order valence-corrected chi connectivity index (χ1v) is 10.4. The highest BCUT2D eigenvalue weighted by Crippen LogP contribution is 2.25. The number of H-pyrrole nitrogens is 1. The second-order valence-corrected chi connectivity index (χ2v) is 8.03. The molecule has 148 valence electrons. The van der Waals surface area contributed by atoms with E-state index in [1.807, 2.05) is 48.1 Å². The van der Waals surface area contributed by atoms with Crippen LogP contribution in [-0.2, 0) is 11.2 Å². The van der Waals surface area contributed by atoms with E-state index >= 15 is 0 Å². The van der Waals surface area contributed by atoms with Crippen LogP contribution < -0.4 is 10.3 Å². The number of amides is 1. The lowest BCUT2D eigenvalue weighted by Gasteiger charge is -2.19. The first-order chi connectivity index (χ1) is 14.0. The maximum Gasteiger partial charge on any atom is 0.273 e. The van der Waals surface area contributed by atoms with Gasteiger partial charge < -0.3 is 9.88 Å². The van der Waals surface area contributed by atoms with Gasteiger partial charge in [0.2, 0.25) is 0 Å². The summed E-state index contributed by atoms with van der Waals surface area (Å²) in [6.45, 7) is 5.08. The van der Waals surface area contributed by atoms with Crippen molar-refractivity contribution in [1.29, 1.82) is 0 Å². The van der Waals surface area contributed by atoms with Crippen molar-refractivity contribution in [2.45, 2.75) is 20.3 Å². The van der Waals surface area contributed by atoms with Gasteiger partial charge in [-0.1, -0.05) is 6.07 Å². The number of anilines is 1. The van der Waals surface area contributed by atoms with Gasteiger partial charge in [0.1, 0.15) is 5.71 Å². The number of carbonyl (C=O) groups is 1. The standard InChI is InChI=1S/C22H23N5OS/c1-14-17(8-11-27(3)16-6-9-23-10-7-16)15(2)24-19(14)13-18-21(25-26-22(18)28)20-5-4-12-29-20/h4-7,9-10,12-13,24H,8,11H2,1-3H3,(H,26,28)/b18-13+. The molecule has 4 heterocycles. The van der Waals surface area contributed by atoms with E-state index in [0.717, 1.165) is 34.9 Å². The molecule has 2 N–H and O–H groups in total. The summed E-state index contributed by atoms with van der Waals surface area (Å²) in [6.07, 6.45) is 6.44. The number of hydrazone groups is 1. The summed E-state index contributed by atoms with van der Waals surface area (Å²) in [7, 11) is 2.09. The predicted molar refractivity (Wildman–Crippen MR) is 118 cm³/mol. The lowest BCUT2D eigenvalue weighted by Crippen LogP contribution is -2.20. The van der Waals surface area contributed by atoms with E-state index in [-0.39, 0.29) is 5.91 Å². The van der Waals surface area contributed by atoms with Crippen LogP contribution in [0.3, 0.4) is 0 Å². The summed E-state index contributed by atoms with van der Waals surface area (Å²) in [4.78, 5) is 23.1. The molecular weight excluding hydrogens is 382 g/mol. The fraction of sp³-hybridized carbons (Fsp3) is 0.227. The van der Waals surface area contributed by atoms with Crippen LogP contribution in [0.25, 0.3) is 6.08 Å². The number of nitrogens with zero attached hydrogens (tertiary/aromatic N) is 3. The molecule has 0 spiro atoms. The number of carbonyl (C=O) groups excluding carboxylic acids is 1. The van der Waals surface area contributed by atoms with Crippen molar-refractivity contribution in [3.63, 3.8) is 0 Å². The van der Waals surface area contributed by atoms with Gasteiger partial charge in [-0.15, -0.1) is 11.3 Å². The van der Waals surface area contributed by atoms with E-state index in [1.54, 1.807) is 11.3 Å². The normalized spacial score (nSPS) is 14.9. The van der Waals surface area contributed by atoms with Crippen LogP contribution in [0.4, 0.5) is 5.69 Å². The number of pyridine rings is 1. The Morgan fingerprint density at radius 2 is 2.00 bits per heavy atom. The molecule has 0 radical (unpaired) electrons. The molecule has 0 fully saturated rings. The van der Waals surface area contributed by atoms with Gasteiger partial charge in [-0.05, 0) is 61.1 Å². The van der Waals surface area contributed by atoms with Crippen molar-refractivity contribution in [2.75, 3.05) is 18.5 Å². The van der Waals surface area contributed by atoms with Crippen LogP contribution >= 0.6 is 11.3 Å². The minimum atomic E-state index is -0.168. The van der Waals surface area contributed by atoms with Crippen LogP contribution in [0.15, 0.2) is 52.7 Å². The summed E-state index contributed by atoms with van der Waals surface area (Å²) >= 11 is 1.57. The summed E-state index contributed by atoms with van der Waals surface area (Å²) in [5, 5.41) is 6.21. The van der Waals surface area contributed by atoms with Crippen LogP contribution in [0.1, 0.15) is 27.4 Å². The first kappa shape index (κ1) is 19.1. The van der Waals surface area contributed by atoms with Gasteiger partial charge in [-0.25, -0.2) is 5.43 Å². The molecule has 0 aliphatic carbocycles. The lowest BCUT2D eigenvalue weighted by atomic mass is 10.0. The number of hydrogen-bond donors (Lipinski definition) is 2. The van der Waals surface area contributed by atoms with Gasteiger partial charge in [0.25, 0.3) is 5.91 Å². The molecule has 3 aromatic rings. The minimum Gasteiger partial charge on any atom is -0.374 e. The zero-order chi connectivity index (χ0) is 20.4. The highest BCUT2D eigenvalue weighted by Gasteiger charge is 2.25. The average molecular weight is 406 g/mol.